The largest absolute Gasteiger partial charge is 0.243 e. The van der Waals surface area contributed by atoms with Crippen molar-refractivity contribution in [2.75, 3.05) is 5.88 Å². The Labute approximate surface area is 93.3 Å². The Balaban J connectivity index is 3.02. The Morgan fingerprint density at radius 2 is 2.07 bits per heavy atom. The van der Waals surface area contributed by atoms with E-state index in [2.05, 4.69) is 4.72 Å². The van der Waals surface area contributed by atoms with Gasteiger partial charge in [-0.3, -0.25) is 0 Å². The van der Waals surface area contributed by atoms with Gasteiger partial charge < -0.3 is 0 Å². The summed E-state index contributed by atoms with van der Waals surface area (Å²) in [5, 5.41) is 0. The molecule has 0 aliphatic rings. The van der Waals surface area contributed by atoms with Crippen LogP contribution in [0, 0.1) is 5.82 Å². The van der Waals surface area contributed by atoms with Gasteiger partial charge in [0.2, 0.25) is 10.0 Å². The molecule has 1 aromatic rings. The third-order valence-electron chi connectivity index (χ3n) is 1.71. The van der Waals surface area contributed by atoms with Crippen LogP contribution in [0.4, 0.5) is 4.39 Å². The van der Waals surface area contributed by atoms with Crippen molar-refractivity contribution in [1.82, 2.24) is 4.72 Å². The van der Waals surface area contributed by atoms with Crippen LogP contribution in [0.2, 0.25) is 0 Å². The number of benzene rings is 1. The highest BCUT2D eigenvalue weighted by atomic mass is 35.5. The average Bonchev–Trinajstić information content (AvgIpc) is 2.17. The van der Waals surface area contributed by atoms with Crippen LogP contribution in [0.25, 0.3) is 0 Å². The fourth-order valence-electron chi connectivity index (χ4n) is 1.02. The molecular formula is C9H11ClFNO2S. The molecule has 0 aromatic heterocycles. The summed E-state index contributed by atoms with van der Waals surface area (Å²) in [6.07, 6.45) is 0. The van der Waals surface area contributed by atoms with Crippen molar-refractivity contribution in [3.05, 3.63) is 30.1 Å². The predicted molar refractivity (Wildman–Crippen MR) is 56.9 cm³/mol. The number of hydrogen-bond acceptors (Lipinski definition) is 2. The van der Waals surface area contributed by atoms with Crippen molar-refractivity contribution < 1.29 is 12.8 Å². The quantitative estimate of drug-likeness (QED) is 0.829. The van der Waals surface area contributed by atoms with Crippen LogP contribution in [0.15, 0.2) is 29.2 Å². The fourth-order valence-corrected chi connectivity index (χ4v) is 2.51. The molecular weight excluding hydrogens is 241 g/mol. The van der Waals surface area contributed by atoms with Crippen LogP contribution in [-0.2, 0) is 10.0 Å². The molecule has 15 heavy (non-hydrogen) atoms. The lowest BCUT2D eigenvalue weighted by atomic mass is 10.4. The Morgan fingerprint density at radius 1 is 1.47 bits per heavy atom. The van der Waals surface area contributed by atoms with Gasteiger partial charge in [-0.05, 0) is 19.1 Å². The van der Waals surface area contributed by atoms with E-state index < -0.39 is 21.9 Å². The van der Waals surface area contributed by atoms with E-state index in [9.17, 15) is 12.8 Å². The van der Waals surface area contributed by atoms with E-state index in [1.54, 1.807) is 6.92 Å². The molecule has 0 aliphatic heterocycles. The molecule has 0 amide bonds. The van der Waals surface area contributed by atoms with Crippen LogP contribution < -0.4 is 4.72 Å². The van der Waals surface area contributed by atoms with Gasteiger partial charge in [0.05, 0.1) is 0 Å². The maximum Gasteiger partial charge on any atom is 0.243 e. The molecule has 84 valence electrons. The normalized spacial score (nSPS) is 13.8. The maximum absolute atomic E-state index is 13.2. The van der Waals surface area contributed by atoms with Crippen LogP contribution >= 0.6 is 11.6 Å². The van der Waals surface area contributed by atoms with Gasteiger partial charge in [0.25, 0.3) is 0 Å². The minimum atomic E-state index is -3.81. The molecule has 0 fully saturated rings. The third-order valence-corrected chi connectivity index (χ3v) is 3.80. The molecule has 1 N–H and O–H groups in total. The number of alkyl halides is 1. The number of hydrogen-bond donors (Lipinski definition) is 1. The Morgan fingerprint density at radius 3 is 2.60 bits per heavy atom. The summed E-state index contributed by atoms with van der Waals surface area (Å²) < 4.78 is 38.7. The minimum absolute atomic E-state index is 0.133. The maximum atomic E-state index is 13.2. The summed E-state index contributed by atoms with van der Waals surface area (Å²) in [6, 6.07) is 4.76. The molecule has 1 aromatic carbocycles. The van der Waals surface area contributed by atoms with Gasteiger partial charge in [-0.1, -0.05) is 12.1 Å². The summed E-state index contributed by atoms with van der Waals surface area (Å²) >= 11 is 5.46. The second-order valence-corrected chi connectivity index (χ2v) is 5.10. The van der Waals surface area contributed by atoms with Gasteiger partial charge in [-0.25, -0.2) is 17.5 Å². The Bertz CT molecular complexity index is 435. The summed E-state index contributed by atoms with van der Waals surface area (Å²) in [5.74, 6) is -0.639. The highest BCUT2D eigenvalue weighted by Crippen LogP contribution is 2.13. The van der Waals surface area contributed by atoms with Gasteiger partial charge in [0.1, 0.15) is 10.7 Å². The molecule has 0 saturated carbocycles. The third kappa shape index (κ3) is 3.15. The van der Waals surface area contributed by atoms with Crippen molar-refractivity contribution in [1.29, 1.82) is 0 Å². The molecule has 3 nitrogen and oxygen atoms in total. The zero-order chi connectivity index (χ0) is 11.5. The molecule has 0 aliphatic carbocycles. The van der Waals surface area contributed by atoms with Gasteiger partial charge in [-0.15, -0.1) is 11.6 Å². The molecule has 0 heterocycles. The zero-order valence-corrected chi connectivity index (χ0v) is 9.65. The highest BCUT2D eigenvalue weighted by molar-refractivity contribution is 7.89. The van der Waals surface area contributed by atoms with Crippen LogP contribution in [0.3, 0.4) is 0 Å². The van der Waals surface area contributed by atoms with E-state index in [0.29, 0.717) is 0 Å². The van der Waals surface area contributed by atoms with Crippen molar-refractivity contribution in [3.63, 3.8) is 0 Å². The number of halogens is 2. The number of rotatable bonds is 4. The van der Waals surface area contributed by atoms with Gasteiger partial charge in [-0.2, -0.15) is 0 Å². The van der Waals surface area contributed by atoms with E-state index >= 15 is 0 Å². The van der Waals surface area contributed by atoms with E-state index in [0.717, 1.165) is 6.07 Å². The lowest BCUT2D eigenvalue weighted by Gasteiger charge is -2.11. The van der Waals surface area contributed by atoms with Crippen molar-refractivity contribution in [3.8, 4) is 0 Å². The van der Waals surface area contributed by atoms with Crippen molar-refractivity contribution in [2.45, 2.75) is 17.9 Å². The van der Waals surface area contributed by atoms with Crippen molar-refractivity contribution in [2.24, 2.45) is 0 Å². The second kappa shape index (κ2) is 4.92. The van der Waals surface area contributed by atoms with E-state index in [4.69, 9.17) is 11.6 Å². The molecule has 6 heteroatoms. The van der Waals surface area contributed by atoms with Crippen molar-refractivity contribution >= 4 is 21.6 Å². The van der Waals surface area contributed by atoms with E-state index in [1.165, 1.54) is 18.2 Å². The SMILES string of the molecule is CC(CCl)NS(=O)(=O)c1ccccc1F. The Hall–Kier alpha value is -0.650. The van der Waals surface area contributed by atoms with Gasteiger partial charge in [0.15, 0.2) is 0 Å². The standard InChI is InChI=1S/C9H11ClFNO2S/c1-7(6-10)12-15(13,14)9-5-3-2-4-8(9)11/h2-5,7,12H,6H2,1H3. The fraction of sp³-hybridized carbons (Fsp3) is 0.333. The second-order valence-electron chi connectivity index (χ2n) is 3.11. The smallest absolute Gasteiger partial charge is 0.207 e. The molecule has 0 saturated heterocycles. The molecule has 0 bridgehead atoms. The summed E-state index contributed by atoms with van der Waals surface area (Å²) in [4.78, 5) is -0.359. The number of sulfonamides is 1. The molecule has 1 unspecified atom stereocenters. The van der Waals surface area contributed by atoms with Gasteiger partial charge >= 0.3 is 0 Å². The van der Waals surface area contributed by atoms with Crippen LogP contribution in [0.5, 0.6) is 0 Å². The lowest BCUT2D eigenvalue weighted by Crippen LogP contribution is -2.34. The monoisotopic (exact) mass is 251 g/mol. The van der Waals surface area contributed by atoms with Gasteiger partial charge in [0, 0.05) is 11.9 Å². The van der Waals surface area contributed by atoms with E-state index in [1.807, 2.05) is 0 Å². The minimum Gasteiger partial charge on any atom is -0.207 e. The highest BCUT2D eigenvalue weighted by Gasteiger charge is 2.20. The molecule has 0 spiro atoms. The first kappa shape index (κ1) is 12.4. The molecule has 1 rings (SSSR count). The average molecular weight is 252 g/mol. The van der Waals surface area contributed by atoms with Crippen LogP contribution in [0.1, 0.15) is 6.92 Å². The lowest BCUT2D eigenvalue weighted by molar-refractivity contribution is 0.549. The molecule has 0 radical (unpaired) electrons. The topological polar surface area (TPSA) is 46.2 Å². The first-order valence-electron chi connectivity index (χ1n) is 4.30. The summed E-state index contributed by atoms with van der Waals surface area (Å²) in [6.45, 7) is 1.60. The zero-order valence-electron chi connectivity index (χ0n) is 8.07. The first-order valence-corrected chi connectivity index (χ1v) is 6.32. The van der Waals surface area contributed by atoms with E-state index in [-0.39, 0.29) is 10.8 Å². The predicted octanol–water partition coefficient (Wildman–Crippen LogP) is 1.73. The van der Waals surface area contributed by atoms with Crippen LogP contribution in [-0.4, -0.2) is 20.3 Å². The first-order chi connectivity index (χ1) is 6.97. The molecule has 1 atom stereocenters. The number of nitrogens with one attached hydrogen (secondary N) is 1. The summed E-state index contributed by atoms with van der Waals surface area (Å²) in [5.41, 5.74) is 0. The Kier molecular flexibility index (Phi) is 4.07. The summed E-state index contributed by atoms with van der Waals surface area (Å²) in [7, 11) is -3.81.